The second-order valence-electron chi connectivity index (χ2n) is 6.42. The van der Waals surface area contributed by atoms with Crippen LogP contribution in [0.15, 0.2) is 54.6 Å². The molecule has 0 saturated carbocycles. The van der Waals surface area contributed by atoms with E-state index in [1.807, 2.05) is 0 Å². The van der Waals surface area contributed by atoms with Crippen LogP contribution in [-0.2, 0) is 6.54 Å². The number of hydrogen-bond acceptors (Lipinski definition) is 1. The van der Waals surface area contributed by atoms with Crippen molar-refractivity contribution in [3.05, 3.63) is 65.7 Å². The number of rotatable bonds is 9. The van der Waals surface area contributed by atoms with Gasteiger partial charge in [0.2, 0.25) is 0 Å². The van der Waals surface area contributed by atoms with E-state index in [0.717, 1.165) is 38.3 Å². The summed E-state index contributed by atoms with van der Waals surface area (Å²) in [6, 6.07) is 19.1. The highest BCUT2D eigenvalue weighted by atomic mass is 16.5. The maximum absolute atomic E-state index is 6.05. The maximum atomic E-state index is 6.05. The van der Waals surface area contributed by atoms with E-state index >= 15 is 0 Å². The third-order valence-electron chi connectivity index (χ3n) is 4.42. The van der Waals surface area contributed by atoms with E-state index < -0.39 is 0 Å². The average Bonchev–Trinajstić information content (AvgIpc) is 2.59. The highest BCUT2D eigenvalue weighted by Crippen LogP contribution is 2.28. The lowest BCUT2D eigenvalue weighted by atomic mass is 9.98. The van der Waals surface area contributed by atoms with E-state index in [4.69, 9.17) is 4.74 Å². The monoisotopic (exact) mass is 312 g/mol. The molecular weight excluding hydrogens is 282 g/mol. The molecule has 1 unspecified atom stereocenters. The zero-order valence-corrected chi connectivity index (χ0v) is 14.7. The molecule has 0 bridgehead atoms. The van der Waals surface area contributed by atoms with E-state index in [0.29, 0.717) is 5.92 Å². The third-order valence-corrected chi connectivity index (χ3v) is 4.42. The second-order valence-corrected chi connectivity index (χ2v) is 6.42. The summed E-state index contributed by atoms with van der Waals surface area (Å²) in [5.74, 6) is 1.61. The molecule has 1 N–H and O–H groups in total. The Morgan fingerprint density at radius 3 is 2.43 bits per heavy atom. The van der Waals surface area contributed by atoms with Gasteiger partial charge in [0.25, 0.3) is 0 Å². The minimum Gasteiger partial charge on any atom is -0.493 e. The Bertz CT molecular complexity index is 567. The molecule has 0 aliphatic rings. The maximum Gasteiger partial charge on any atom is 0.122 e. The summed E-state index contributed by atoms with van der Waals surface area (Å²) < 4.78 is 6.05. The van der Waals surface area contributed by atoms with Crippen LogP contribution in [-0.4, -0.2) is 20.2 Å². The molecule has 0 aromatic heterocycles. The Morgan fingerprint density at radius 1 is 1.00 bits per heavy atom. The fourth-order valence-electron chi connectivity index (χ4n) is 2.83. The molecule has 0 aliphatic heterocycles. The molecule has 2 heteroatoms. The van der Waals surface area contributed by atoms with E-state index in [1.165, 1.54) is 16.0 Å². The zero-order chi connectivity index (χ0) is 16.5. The molecule has 2 atom stereocenters. The first kappa shape index (κ1) is 17.6. The summed E-state index contributed by atoms with van der Waals surface area (Å²) >= 11 is 0. The van der Waals surface area contributed by atoms with Gasteiger partial charge < -0.3 is 9.64 Å². The van der Waals surface area contributed by atoms with Gasteiger partial charge in [0.15, 0.2) is 0 Å². The lowest BCUT2D eigenvalue weighted by Gasteiger charge is -2.17. The van der Waals surface area contributed by atoms with Crippen LogP contribution in [0.2, 0.25) is 0 Å². The van der Waals surface area contributed by atoms with Crippen molar-refractivity contribution < 1.29 is 9.64 Å². The van der Waals surface area contributed by atoms with Crippen molar-refractivity contribution in [2.75, 3.05) is 20.2 Å². The van der Waals surface area contributed by atoms with Gasteiger partial charge in [-0.15, -0.1) is 0 Å². The molecule has 0 spiro atoms. The van der Waals surface area contributed by atoms with Crippen molar-refractivity contribution in [2.24, 2.45) is 0 Å². The summed E-state index contributed by atoms with van der Waals surface area (Å²) in [4.78, 5) is 1.52. The lowest BCUT2D eigenvalue weighted by molar-refractivity contribution is -0.894. The standard InChI is InChI=1S/C21H29NO/c1-4-18(2)20-13-8-9-14-21(20)23-16-10-15-22(3)17-19-11-6-5-7-12-19/h5-9,11-14,18H,4,10,15-17H2,1-3H3/p+1/t18-/m0/s1. The van der Waals surface area contributed by atoms with Crippen LogP contribution in [0.4, 0.5) is 0 Å². The summed E-state index contributed by atoms with van der Waals surface area (Å²) in [7, 11) is 2.25. The first-order valence-electron chi connectivity index (χ1n) is 8.77. The van der Waals surface area contributed by atoms with Crippen molar-refractivity contribution in [3.63, 3.8) is 0 Å². The van der Waals surface area contributed by atoms with Gasteiger partial charge >= 0.3 is 0 Å². The van der Waals surface area contributed by atoms with Crippen LogP contribution < -0.4 is 9.64 Å². The Morgan fingerprint density at radius 2 is 1.70 bits per heavy atom. The molecule has 0 saturated heterocycles. The first-order chi connectivity index (χ1) is 11.2. The molecule has 124 valence electrons. The van der Waals surface area contributed by atoms with Gasteiger partial charge in [-0.25, -0.2) is 0 Å². The summed E-state index contributed by atoms with van der Waals surface area (Å²) in [5.41, 5.74) is 2.73. The second kappa shape index (κ2) is 9.36. The van der Waals surface area contributed by atoms with Crippen LogP contribution >= 0.6 is 0 Å². The van der Waals surface area contributed by atoms with Crippen molar-refractivity contribution in [2.45, 2.75) is 39.2 Å². The first-order valence-corrected chi connectivity index (χ1v) is 8.77. The topological polar surface area (TPSA) is 13.7 Å². The van der Waals surface area contributed by atoms with E-state index in [-0.39, 0.29) is 0 Å². The van der Waals surface area contributed by atoms with Crippen LogP contribution in [0.25, 0.3) is 0 Å². The number of nitrogens with one attached hydrogen (secondary N) is 1. The number of ether oxygens (including phenoxy) is 1. The lowest BCUT2D eigenvalue weighted by Crippen LogP contribution is -3.07. The fraction of sp³-hybridized carbons (Fsp3) is 0.429. The number of quaternary nitrogens is 1. The minimum absolute atomic E-state index is 0.553. The summed E-state index contributed by atoms with van der Waals surface area (Å²) in [5, 5.41) is 0. The van der Waals surface area contributed by atoms with Gasteiger partial charge in [-0.1, -0.05) is 62.4 Å². The Hall–Kier alpha value is -1.80. The van der Waals surface area contributed by atoms with Gasteiger partial charge in [-0.3, -0.25) is 0 Å². The van der Waals surface area contributed by atoms with Crippen molar-refractivity contribution in [3.8, 4) is 5.75 Å². The van der Waals surface area contributed by atoms with Crippen LogP contribution in [0, 0.1) is 0 Å². The Kier molecular flexibility index (Phi) is 7.15. The van der Waals surface area contributed by atoms with Crippen molar-refractivity contribution >= 4 is 0 Å². The Labute approximate surface area is 141 Å². The molecule has 2 rings (SSSR count). The SMILES string of the molecule is CC[C@H](C)c1ccccc1OCCC[NH+](C)Cc1ccccc1. The average molecular weight is 312 g/mol. The normalized spacial score (nSPS) is 13.5. The third kappa shape index (κ3) is 5.72. The summed E-state index contributed by atoms with van der Waals surface area (Å²) in [6.07, 6.45) is 2.22. The molecule has 0 radical (unpaired) electrons. The van der Waals surface area contributed by atoms with E-state index in [1.54, 1.807) is 0 Å². The largest absolute Gasteiger partial charge is 0.493 e. The number of hydrogen-bond donors (Lipinski definition) is 1. The molecule has 2 nitrogen and oxygen atoms in total. The quantitative estimate of drug-likeness (QED) is 0.697. The van der Waals surface area contributed by atoms with Crippen LogP contribution in [0.5, 0.6) is 5.75 Å². The van der Waals surface area contributed by atoms with E-state index in [2.05, 4.69) is 75.5 Å². The zero-order valence-electron chi connectivity index (χ0n) is 14.7. The molecule has 0 amide bonds. The minimum atomic E-state index is 0.553. The molecule has 0 fully saturated rings. The molecule has 0 aliphatic carbocycles. The van der Waals surface area contributed by atoms with Gasteiger partial charge in [-0.05, 0) is 24.0 Å². The van der Waals surface area contributed by atoms with Crippen molar-refractivity contribution in [1.82, 2.24) is 0 Å². The predicted molar refractivity (Wildman–Crippen MR) is 97.2 cm³/mol. The summed E-state index contributed by atoms with van der Waals surface area (Å²) in [6.45, 7) is 7.48. The van der Waals surface area contributed by atoms with Crippen LogP contribution in [0.3, 0.4) is 0 Å². The van der Waals surface area contributed by atoms with Gasteiger partial charge in [-0.2, -0.15) is 0 Å². The molecule has 23 heavy (non-hydrogen) atoms. The Balaban J connectivity index is 1.75. The van der Waals surface area contributed by atoms with Crippen LogP contribution in [0.1, 0.15) is 43.7 Å². The number of benzene rings is 2. The van der Waals surface area contributed by atoms with Gasteiger partial charge in [0.05, 0.1) is 20.2 Å². The number of para-hydroxylation sites is 1. The van der Waals surface area contributed by atoms with Crippen molar-refractivity contribution in [1.29, 1.82) is 0 Å². The smallest absolute Gasteiger partial charge is 0.122 e. The highest BCUT2D eigenvalue weighted by Gasteiger charge is 2.09. The van der Waals surface area contributed by atoms with E-state index in [9.17, 15) is 0 Å². The molecule has 2 aromatic rings. The fourth-order valence-corrected chi connectivity index (χ4v) is 2.83. The molecule has 0 heterocycles. The molecular formula is C21H30NO+. The highest BCUT2D eigenvalue weighted by molar-refractivity contribution is 5.35. The van der Waals surface area contributed by atoms with Gasteiger partial charge in [0.1, 0.15) is 12.3 Å². The van der Waals surface area contributed by atoms with Gasteiger partial charge in [0, 0.05) is 12.0 Å². The predicted octanol–water partition coefficient (Wildman–Crippen LogP) is 3.68. The molecule has 2 aromatic carbocycles.